The van der Waals surface area contributed by atoms with Crippen LogP contribution in [-0.2, 0) is 6.54 Å². The molecule has 0 aliphatic carbocycles. The molecule has 0 atom stereocenters. The van der Waals surface area contributed by atoms with Crippen molar-refractivity contribution in [3.8, 4) is 0 Å². The van der Waals surface area contributed by atoms with Crippen molar-refractivity contribution >= 4 is 11.6 Å². The van der Waals surface area contributed by atoms with Gasteiger partial charge in [0.2, 0.25) is 0 Å². The molecule has 98 valence electrons. The lowest BCUT2D eigenvalue weighted by molar-refractivity contribution is 0.0950. The number of aromatic nitrogens is 2. The van der Waals surface area contributed by atoms with Crippen molar-refractivity contribution in [1.29, 1.82) is 0 Å². The molecule has 0 saturated heterocycles. The summed E-state index contributed by atoms with van der Waals surface area (Å²) in [5.41, 5.74) is 2.43. The number of nitrogens with zero attached hydrogens (tertiary/aromatic N) is 3. The summed E-state index contributed by atoms with van der Waals surface area (Å²) in [6.07, 6.45) is 4.84. The van der Waals surface area contributed by atoms with E-state index in [1.165, 1.54) is 0 Å². The van der Waals surface area contributed by atoms with E-state index < -0.39 is 0 Å². The maximum atomic E-state index is 11.9. The summed E-state index contributed by atoms with van der Waals surface area (Å²) < 4.78 is 0. The Morgan fingerprint density at radius 1 is 1.21 bits per heavy atom. The lowest BCUT2D eigenvalue weighted by atomic mass is 10.2. The summed E-state index contributed by atoms with van der Waals surface area (Å²) >= 11 is 0. The Balaban J connectivity index is 1.96. The van der Waals surface area contributed by atoms with Gasteiger partial charge in [0.1, 0.15) is 0 Å². The number of benzene rings is 1. The van der Waals surface area contributed by atoms with Crippen LogP contribution in [0.5, 0.6) is 0 Å². The van der Waals surface area contributed by atoms with Crippen LogP contribution < -0.4 is 10.2 Å². The fourth-order valence-corrected chi connectivity index (χ4v) is 1.61. The highest BCUT2D eigenvalue weighted by Gasteiger charge is 2.05. The van der Waals surface area contributed by atoms with Crippen LogP contribution in [0.4, 0.5) is 5.69 Å². The molecule has 0 unspecified atom stereocenters. The second-order valence-corrected chi connectivity index (χ2v) is 4.32. The number of carbonyl (C=O) groups is 1. The van der Waals surface area contributed by atoms with Gasteiger partial charge in [-0.15, -0.1) is 0 Å². The molecule has 5 heteroatoms. The van der Waals surface area contributed by atoms with E-state index in [2.05, 4.69) is 15.3 Å². The van der Waals surface area contributed by atoms with Crippen LogP contribution in [0.15, 0.2) is 42.9 Å². The Kier molecular flexibility index (Phi) is 4.07. The number of rotatable bonds is 4. The third kappa shape index (κ3) is 3.51. The second-order valence-electron chi connectivity index (χ2n) is 4.32. The van der Waals surface area contributed by atoms with E-state index in [0.717, 1.165) is 11.4 Å². The third-order valence-corrected chi connectivity index (χ3v) is 2.69. The minimum Gasteiger partial charge on any atom is -0.378 e. The minimum atomic E-state index is -0.115. The zero-order valence-electron chi connectivity index (χ0n) is 11.0. The molecule has 1 amide bonds. The fraction of sp³-hybridized carbons (Fsp3) is 0.214. The maximum Gasteiger partial charge on any atom is 0.251 e. The molecule has 1 aromatic heterocycles. The third-order valence-electron chi connectivity index (χ3n) is 2.69. The van der Waals surface area contributed by atoms with Gasteiger partial charge in [0.05, 0.1) is 18.4 Å². The lowest BCUT2D eigenvalue weighted by Gasteiger charge is -2.12. The number of hydrogen-bond donors (Lipinski definition) is 1. The first kappa shape index (κ1) is 13.0. The Morgan fingerprint density at radius 2 is 1.95 bits per heavy atom. The first-order valence-electron chi connectivity index (χ1n) is 5.97. The molecule has 0 bridgehead atoms. The molecule has 1 aromatic carbocycles. The van der Waals surface area contributed by atoms with Gasteiger partial charge in [-0.05, 0) is 24.3 Å². The van der Waals surface area contributed by atoms with Crippen molar-refractivity contribution in [2.75, 3.05) is 19.0 Å². The SMILES string of the molecule is CN(C)c1ccc(C(=O)NCc2cnccn2)cc1. The number of hydrogen-bond acceptors (Lipinski definition) is 4. The molecule has 1 heterocycles. The van der Waals surface area contributed by atoms with Crippen molar-refractivity contribution in [3.05, 3.63) is 54.1 Å². The summed E-state index contributed by atoms with van der Waals surface area (Å²) in [6.45, 7) is 0.377. The summed E-state index contributed by atoms with van der Waals surface area (Å²) in [6, 6.07) is 7.44. The first-order chi connectivity index (χ1) is 9.16. The highest BCUT2D eigenvalue weighted by atomic mass is 16.1. The highest BCUT2D eigenvalue weighted by Crippen LogP contribution is 2.12. The van der Waals surface area contributed by atoms with E-state index >= 15 is 0 Å². The van der Waals surface area contributed by atoms with Gasteiger partial charge < -0.3 is 10.2 Å². The van der Waals surface area contributed by atoms with E-state index in [-0.39, 0.29) is 5.91 Å². The molecule has 0 saturated carbocycles. The quantitative estimate of drug-likeness (QED) is 0.900. The number of nitrogens with one attached hydrogen (secondary N) is 1. The molecule has 0 radical (unpaired) electrons. The van der Waals surface area contributed by atoms with E-state index in [1.54, 1.807) is 30.7 Å². The molecule has 2 aromatic rings. The van der Waals surface area contributed by atoms with Crippen LogP contribution >= 0.6 is 0 Å². The van der Waals surface area contributed by atoms with Crippen LogP contribution in [0, 0.1) is 0 Å². The monoisotopic (exact) mass is 256 g/mol. The Morgan fingerprint density at radius 3 is 2.53 bits per heavy atom. The van der Waals surface area contributed by atoms with E-state index in [0.29, 0.717) is 12.1 Å². The molecular formula is C14H16N4O. The Labute approximate surface area is 112 Å². The van der Waals surface area contributed by atoms with Gasteiger partial charge in [0, 0.05) is 37.7 Å². The van der Waals surface area contributed by atoms with Crippen molar-refractivity contribution in [2.45, 2.75) is 6.54 Å². The van der Waals surface area contributed by atoms with Gasteiger partial charge >= 0.3 is 0 Å². The molecule has 1 N–H and O–H groups in total. The van der Waals surface area contributed by atoms with E-state index in [9.17, 15) is 4.79 Å². The molecule has 19 heavy (non-hydrogen) atoms. The van der Waals surface area contributed by atoms with Gasteiger partial charge in [0.15, 0.2) is 0 Å². The van der Waals surface area contributed by atoms with Crippen LogP contribution in [0.3, 0.4) is 0 Å². The number of anilines is 1. The maximum absolute atomic E-state index is 11.9. The van der Waals surface area contributed by atoms with Gasteiger partial charge in [-0.2, -0.15) is 0 Å². The Bertz CT molecular complexity index is 537. The standard InChI is InChI=1S/C14H16N4O/c1-18(2)13-5-3-11(4-6-13)14(19)17-10-12-9-15-7-8-16-12/h3-9H,10H2,1-2H3,(H,17,19). The van der Waals surface area contributed by atoms with Crippen LogP contribution in [0.1, 0.15) is 16.1 Å². The molecule has 0 aliphatic heterocycles. The second kappa shape index (κ2) is 5.95. The van der Waals surface area contributed by atoms with Crippen molar-refractivity contribution < 1.29 is 4.79 Å². The molecular weight excluding hydrogens is 240 g/mol. The van der Waals surface area contributed by atoms with Gasteiger partial charge in [0.25, 0.3) is 5.91 Å². The predicted octanol–water partition coefficient (Wildman–Crippen LogP) is 1.47. The van der Waals surface area contributed by atoms with Gasteiger partial charge in [-0.1, -0.05) is 0 Å². The van der Waals surface area contributed by atoms with Crippen molar-refractivity contribution in [2.24, 2.45) is 0 Å². The fourth-order valence-electron chi connectivity index (χ4n) is 1.61. The van der Waals surface area contributed by atoms with Crippen molar-refractivity contribution in [1.82, 2.24) is 15.3 Å². The summed E-state index contributed by atoms with van der Waals surface area (Å²) in [4.78, 5) is 22.0. The average molecular weight is 256 g/mol. The molecule has 5 nitrogen and oxygen atoms in total. The zero-order valence-corrected chi connectivity index (χ0v) is 11.0. The summed E-state index contributed by atoms with van der Waals surface area (Å²) in [7, 11) is 3.92. The van der Waals surface area contributed by atoms with Gasteiger partial charge in [-0.3, -0.25) is 14.8 Å². The normalized spacial score (nSPS) is 10.0. The zero-order chi connectivity index (χ0) is 13.7. The number of carbonyl (C=O) groups excluding carboxylic acids is 1. The van der Waals surface area contributed by atoms with Crippen molar-refractivity contribution in [3.63, 3.8) is 0 Å². The largest absolute Gasteiger partial charge is 0.378 e. The topological polar surface area (TPSA) is 58.1 Å². The smallest absolute Gasteiger partial charge is 0.251 e. The van der Waals surface area contributed by atoms with Crippen LogP contribution in [0.2, 0.25) is 0 Å². The average Bonchev–Trinajstić information content (AvgIpc) is 2.46. The van der Waals surface area contributed by atoms with E-state index in [1.807, 2.05) is 31.1 Å². The molecule has 0 fully saturated rings. The van der Waals surface area contributed by atoms with E-state index in [4.69, 9.17) is 0 Å². The summed E-state index contributed by atoms with van der Waals surface area (Å²) in [5, 5.41) is 2.81. The van der Waals surface area contributed by atoms with Crippen LogP contribution in [0.25, 0.3) is 0 Å². The van der Waals surface area contributed by atoms with Crippen LogP contribution in [-0.4, -0.2) is 30.0 Å². The molecule has 2 rings (SSSR count). The first-order valence-corrected chi connectivity index (χ1v) is 5.97. The van der Waals surface area contributed by atoms with Gasteiger partial charge in [-0.25, -0.2) is 0 Å². The molecule has 0 aliphatic rings. The minimum absolute atomic E-state index is 0.115. The number of amides is 1. The Hall–Kier alpha value is -2.43. The highest BCUT2D eigenvalue weighted by molar-refractivity contribution is 5.94. The molecule has 0 spiro atoms. The predicted molar refractivity (Wildman–Crippen MR) is 74.0 cm³/mol. The summed E-state index contributed by atoms with van der Waals surface area (Å²) in [5.74, 6) is -0.115. The lowest BCUT2D eigenvalue weighted by Crippen LogP contribution is -2.23.